The van der Waals surface area contributed by atoms with Gasteiger partial charge in [-0.25, -0.2) is 5.53 Å². The topological polar surface area (TPSA) is 85.8 Å². The molecule has 1 aliphatic heterocycles. The number of phenols is 1. The number of amidine groups is 1. The Labute approximate surface area is 178 Å². The molecule has 30 heavy (non-hydrogen) atoms. The Bertz CT molecular complexity index is 971. The van der Waals surface area contributed by atoms with Crippen molar-refractivity contribution >= 4 is 11.6 Å². The zero-order valence-electron chi connectivity index (χ0n) is 18.1. The molecule has 3 rings (SSSR count). The van der Waals surface area contributed by atoms with Crippen molar-refractivity contribution in [1.82, 2.24) is 16.5 Å². The maximum Gasteiger partial charge on any atom is 0.170 e. The molecule has 0 saturated heterocycles. The average Bonchev–Trinajstić information content (AvgIpc) is 3.27. The van der Waals surface area contributed by atoms with Crippen LogP contribution in [0.5, 0.6) is 5.75 Å². The Morgan fingerprint density at radius 2 is 1.77 bits per heavy atom. The number of hydrogen-bond donors (Lipinski definition) is 4. The van der Waals surface area contributed by atoms with Gasteiger partial charge in [-0.05, 0) is 60.9 Å². The van der Waals surface area contributed by atoms with Gasteiger partial charge in [0.15, 0.2) is 5.84 Å². The number of benzene rings is 2. The number of phenolic OH excluding ortho intramolecular Hbond substituents is 1. The van der Waals surface area contributed by atoms with E-state index in [0.29, 0.717) is 25.1 Å². The van der Waals surface area contributed by atoms with E-state index in [1.165, 1.54) is 6.42 Å². The number of hydrogen-bond acceptors (Lipinski definition) is 6. The van der Waals surface area contributed by atoms with E-state index in [9.17, 15) is 9.90 Å². The monoisotopic (exact) mass is 406 g/mol. The minimum Gasteiger partial charge on any atom is -0.508 e. The Morgan fingerprint density at radius 3 is 2.40 bits per heavy atom. The number of aryl methyl sites for hydroxylation is 2. The summed E-state index contributed by atoms with van der Waals surface area (Å²) in [7, 11) is 0. The van der Waals surface area contributed by atoms with Crippen molar-refractivity contribution in [2.75, 3.05) is 0 Å². The fourth-order valence-electron chi connectivity index (χ4n) is 2.78. The molecule has 6 nitrogen and oxygen atoms in total. The first-order valence-corrected chi connectivity index (χ1v) is 10.3. The summed E-state index contributed by atoms with van der Waals surface area (Å²) in [6, 6.07) is 11.0. The molecule has 1 heterocycles. The summed E-state index contributed by atoms with van der Waals surface area (Å²) in [6.07, 6.45) is 2.91. The fourth-order valence-corrected chi connectivity index (χ4v) is 2.78. The highest BCUT2D eigenvalue weighted by atomic mass is 16.3. The molecule has 0 saturated carbocycles. The number of nitrogens with one attached hydrogen (secondary N) is 3. The predicted octanol–water partition coefficient (Wildman–Crippen LogP) is 3.70. The highest BCUT2D eigenvalue weighted by Crippen LogP contribution is 2.17. The summed E-state index contributed by atoms with van der Waals surface area (Å²) in [6.45, 7) is 8.04. The Kier molecular flexibility index (Phi) is 8.92. The van der Waals surface area contributed by atoms with Crippen LogP contribution in [0.15, 0.2) is 41.5 Å². The lowest BCUT2D eigenvalue weighted by Crippen LogP contribution is -2.35. The molecule has 2 aromatic rings. The molecular weight excluding hydrogens is 376 g/mol. The molecule has 0 aliphatic carbocycles. The van der Waals surface area contributed by atoms with Gasteiger partial charge in [0.1, 0.15) is 11.5 Å². The standard InChI is InChI=1S/C21H22N4O2.C3H8/c1-3-19(26)10-9-17-13-18(21-22-24-25-23-21)7-6-16(17)5-4-15-8-11-20(27)12-14(15)2;1-3-2/h6-8,11-13,24-25,27H,3,9-10H2,1-2H3,(H,22,23);3H2,1-2H3. The number of aromatic hydroxyl groups is 1. The van der Waals surface area contributed by atoms with Crippen LogP contribution < -0.4 is 16.5 Å². The molecule has 0 amide bonds. The van der Waals surface area contributed by atoms with Crippen LogP contribution in [0.25, 0.3) is 0 Å². The number of carbonyl (C=O) groups is 1. The van der Waals surface area contributed by atoms with Gasteiger partial charge in [-0.2, -0.15) is 0 Å². The highest BCUT2D eigenvalue weighted by Gasteiger charge is 2.11. The third-order valence-electron chi connectivity index (χ3n) is 4.39. The smallest absolute Gasteiger partial charge is 0.170 e. The zero-order valence-corrected chi connectivity index (χ0v) is 18.1. The van der Waals surface area contributed by atoms with E-state index in [0.717, 1.165) is 27.8 Å². The van der Waals surface area contributed by atoms with Crippen molar-refractivity contribution in [3.05, 3.63) is 64.2 Å². The van der Waals surface area contributed by atoms with Crippen LogP contribution in [0.3, 0.4) is 0 Å². The number of hydrazine groups is 2. The van der Waals surface area contributed by atoms with Crippen LogP contribution in [0.2, 0.25) is 0 Å². The summed E-state index contributed by atoms with van der Waals surface area (Å²) in [5, 5.41) is 13.7. The number of nitrogens with zero attached hydrogens (tertiary/aromatic N) is 1. The molecule has 0 spiro atoms. The molecule has 0 fully saturated rings. The molecule has 0 bridgehead atoms. The summed E-state index contributed by atoms with van der Waals surface area (Å²) in [5.74, 6) is 7.53. The second kappa shape index (κ2) is 11.6. The highest BCUT2D eigenvalue weighted by molar-refractivity contribution is 5.99. The predicted molar refractivity (Wildman–Crippen MR) is 121 cm³/mol. The van der Waals surface area contributed by atoms with Crippen molar-refractivity contribution in [1.29, 1.82) is 0 Å². The number of Topliss-reactive ketones (excluding diaryl/α,β-unsaturated/α-hetero) is 1. The van der Waals surface area contributed by atoms with Crippen molar-refractivity contribution in [2.45, 2.75) is 53.4 Å². The first kappa shape index (κ1) is 23.0. The maximum absolute atomic E-state index is 11.8. The average molecular weight is 407 g/mol. The van der Waals surface area contributed by atoms with Gasteiger partial charge < -0.3 is 5.11 Å². The normalized spacial score (nSPS) is 11.8. The summed E-state index contributed by atoms with van der Waals surface area (Å²) >= 11 is 0. The van der Waals surface area contributed by atoms with E-state index in [4.69, 9.17) is 0 Å². The lowest BCUT2D eigenvalue weighted by Gasteiger charge is -2.08. The van der Waals surface area contributed by atoms with Crippen molar-refractivity contribution in [3.63, 3.8) is 0 Å². The first-order chi connectivity index (χ1) is 14.5. The van der Waals surface area contributed by atoms with Crippen LogP contribution in [0.4, 0.5) is 0 Å². The Morgan fingerprint density at radius 1 is 1.07 bits per heavy atom. The van der Waals surface area contributed by atoms with Crippen molar-refractivity contribution in [3.8, 4) is 17.6 Å². The van der Waals surface area contributed by atoms with E-state index < -0.39 is 0 Å². The van der Waals surface area contributed by atoms with E-state index in [1.54, 1.807) is 18.2 Å². The van der Waals surface area contributed by atoms with Crippen LogP contribution in [-0.2, 0) is 11.2 Å². The van der Waals surface area contributed by atoms with Gasteiger partial charge in [0.05, 0.1) is 0 Å². The molecular formula is C24H30N4O2. The first-order valence-electron chi connectivity index (χ1n) is 10.3. The SMILES string of the molecule is CCC.CCC(=O)CCc1cc(C2=NNNN2)ccc1C#Cc1ccc(O)cc1C. The summed E-state index contributed by atoms with van der Waals surface area (Å²) in [5.41, 5.74) is 12.9. The van der Waals surface area contributed by atoms with Gasteiger partial charge in [-0.3, -0.25) is 10.2 Å². The maximum atomic E-state index is 11.8. The molecule has 4 N–H and O–H groups in total. The van der Waals surface area contributed by atoms with Crippen LogP contribution in [0, 0.1) is 18.8 Å². The number of hydrazone groups is 1. The minimum atomic E-state index is 0.230. The van der Waals surface area contributed by atoms with Crippen molar-refractivity contribution < 1.29 is 9.90 Å². The molecule has 158 valence electrons. The summed E-state index contributed by atoms with van der Waals surface area (Å²) < 4.78 is 0. The van der Waals surface area contributed by atoms with E-state index in [2.05, 4.69) is 47.3 Å². The minimum absolute atomic E-state index is 0.230. The van der Waals surface area contributed by atoms with Gasteiger partial charge in [0.25, 0.3) is 0 Å². The molecule has 0 aromatic heterocycles. The van der Waals surface area contributed by atoms with Crippen LogP contribution in [-0.4, -0.2) is 16.7 Å². The molecule has 6 heteroatoms. The van der Waals surface area contributed by atoms with Gasteiger partial charge in [-0.15, -0.1) is 10.6 Å². The number of ketones is 1. The summed E-state index contributed by atoms with van der Waals surface area (Å²) in [4.78, 5) is 11.8. The third-order valence-corrected chi connectivity index (χ3v) is 4.39. The molecule has 0 radical (unpaired) electrons. The lowest BCUT2D eigenvalue weighted by atomic mass is 9.97. The largest absolute Gasteiger partial charge is 0.508 e. The number of carbonyl (C=O) groups excluding carboxylic acids is 1. The molecule has 2 aromatic carbocycles. The fraction of sp³-hybridized carbons (Fsp3) is 0.333. The number of rotatable bonds is 5. The molecule has 0 atom stereocenters. The lowest BCUT2D eigenvalue weighted by molar-refractivity contribution is -0.118. The van der Waals surface area contributed by atoms with Crippen molar-refractivity contribution in [2.24, 2.45) is 5.10 Å². The van der Waals surface area contributed by atoms with E-state index in [1.807, 2.05) is 32.0 Å². The van der Waals surface area contributed by atoms with E-state index >= 15 is 0 Å². The molecule has 0 unspecified atom stereocenters. The van der Waals surface area contributed by atoms with Gasteiger partial charge in [0, 0.05) is 29.5 Å². The third kappa shape index (κ3) is 6.64. The van der Waals surface area contributed by atoms with Gasteiger partial charge >= 0.3 is 0 Å². The van der Waals surface area contributed by atoms with Gasteiger partial charge in [0.2, 0.25) is 0 Å². The molecule has 1 aliphatic rings. The van der Waals surface area contributed by atoms with Crippen LogP contribution >= 0.6 is 0 Å². The van der Waals surface area contributed by atoms with E-state index in [-0.39, 0.29) is 11.5 Å². The quantitative estimate of drug-likeness (QED) is 0.569. The Balaban J connectivity index is 0.00000101. The van der Waals surface area contributed by atoms with Crippen LogP contribution in [0.1, 0.15) is 67.9 Å². The zero-order chi connectivity index (χ0) is 21.9. The second-order valence-corrected chi connectivity index (χ2v) is 7.04. The van der Waals surface area contributed by atoms with Gasteiger partial charge in [-0.1, -0.05) is 39.0 Å². The Hall–Kier alpha value is -3.30. The second-order valence-electron chi connectivity index (χ2n) is 7.04.